The third-order valence-corrected chi connectivity index (χ3v) is 3.85. The first-order valence-electron chi connectivity index (χ1n) is 7.40. The second-order valence-corrected chi connectivity index (χ2v) is 5.80. The molecule has 1 saturated carbocycles. The van der Waals surface area contributed by atoms with Gasteiger partial charge in [-0.05, 0) is 25.7 Å². The summed E-state index contributed by atoms with van der Waals surface area (Å²) in [5.41, 5.74) is 1.66. The van der Waals surface area contributed by atoms with E-state index in [0.717, 1.165) is 24.7 Å². The number of aryl methyl sites for hydroxylation is 2. The first-order valence-corrected chi connectivity index (χ1v) is 7.40. The van der Waals surface area contributed by atoms with E-state index >= 15 is 0 Å². The van der Waals surface area contributed by atoms with Crippen LogP contribution in [0.2, 0.25) is 0 Å². The van der Waals surface area contributed by atoms with Crippen LogP contribution in [0.5, 0.6) is 0 Å². The van der Waals surface area contributed by atoms with E-state index in [-0.39, 0.29) is 5.91 Å². The van der Waals surface area contributed by atoms with Crippen LogP contribution in [0.1, 0.15) is 34.8 Å². The van der Waals surface area contributed by atoms with Crippen molar-refractivity contribution in [3.8, 4) is 0 Å². The predicted molar refractivity (Wildman–Crippen MR) is 78.9 cm³/mol. The summed E-state index contributed by atoms with van der Waals surface area (Å²) in [6.07, 6.45) is 8.66. The summed E-state index contributed by atoms with van der Waals surface area (Å²) in [5.74, 6) is 1.74. The number of carbonyl (C=O) groups excluding carboxylic acids is 1. The first kappa shape index (κ1) is 13.9. The molecule has 2 aromatic rings. The standard InChI is InChI=1S/C15H21N5O/c1-11-7-17-14(20(11)8-12-3-4-12)5-6-16-15(21)13-9-19(2)10-18-13/h7,9-10,12H,3-6,8H2,1-2H3,(H,16,21). The van der Waals surface area contributed by atoms with Gasteiger partial charge in [0.25, 0.3) is 5.91 Å². The fourth-order valence-corrected chi connectivity index (χ4v) is 2.43. The topological polar surface area (TPSA) is 64.7 Å². The number of nitrogens with one attached hydrogen (secondary N) is 1. The minimum absolute atomic E-state index is 0.132. The van der Waals surface area contributed by atoms with Gasteiger partial charge in [-0.25, -0.2) is 9.97 Å². The Balaban J connectivity index is 1.54. The number of hydrogen-bond acceptors (Lipinski definition) is 3. The van der Waals surface area contributed by atoms with Crippen molar-refractivity contribution in [2.75, 3.05) is 6.54 Å². The fraction of sp³-hybridized carbons (Fsp3) is 0.533. The molecule has 1 aliphatic carbocycles. The smallest absolute Gasteiger partial charge is 0.271 e. The molecule has 0 spiro atoms. The summed E-state index contributed by atoms with van der Waals surface area (Å²) in [5, 5.41) is 2.90. The van der Waals surface area contributed by atoms with Gasteiger partial charge in [0, 0.05) is 44.6 Å². The van der Waals surface area contributed by atoms with Gasteiger partial charge < -0.3 is 14.5 Å². The Morgan fingerprint density at radius 1 is 1.43 bits per heavy atom. The average molecular weight is 287 g/mol. The minimum Gasteiger partial charge on any atom is -0.350 e. The molecule has 2 heterocycles. The molecule has 3 rings (SSSR count). The van der Waals surface area contributed by atoms with Gasteiger partial charge in [-0.2, -0.15) is 0 Å². The van der Waals surface area contributed by atoms with Crippen molar-refractivity contribution in [1.29, 1.82) is 0 Å². The Kier molecular flexibility index (Phi) is 3.77. The van der Waals surface area contributed by atoms with Crippen LogP contribution in [-0.2, 0) is 20.0 Å². The Labute approximate surface area is 124 Å². The molecule has 21 heavy (non-hydrogen) atoms. The monoisotopic (exact) mass is 287 g/mol. The van der Waals surface area contributed by atoms with Crippen LogP contribution < -0.4 is 5.32 Å². The highest BCUT2D eigenvalue weighted by atomic mass is 16.1. The molecule has 0 aliphatic heterocycles. The van der Waals surface area contributed by atoms with Crippen molar-refractivity contribution in [2.45, 2.75) is 32.7 Å². The van der Waals surface area contributed by atoms with Crippen molar-refractivity contribution < 1.29 is 4.79 Å². The molecule has 0 unspecified atom stereocenters. The Morgan fingerprint density at radius 2 is 2.24 bits per heavy atom. The highest BCUT2D eigenvalue weighted by Gasteiger charge is 2.23. The highest BCUT2D eigenvalue weighted by molar-refractivity contribution is 5.91. The van der Waals surface area contributed by atoms with Gasteiger partial charge in [-0.3, -0.25) is 4.79 Å². The number of imidazole rings is 2. The number of amides is 1. The van der Waals surface area contributed by atoms with Gasteiger partial charge in [0.2, 0.25) is 0 Å². The van der Waals surface area contributed by atoms with E-state index in [1.807, 2.05) is 13.2 Å². The summed E-state index contributed by atoms with van der Waals surface area (Å²) in [6.45, 7) is 3.73. The van der Waals surface area contributed by atoms with E-state index < -0.39 is 0 Å². The second-order valence-electron chi connectivity index (χ2n) is 5.80. The lowest BCUT2D eigenvalue weighted by molar-refractivity contribution is 0.0949. The number of rotatable bonds is 6. The maximum Gasteiger partial charge on any atom is 0.271 e. The van der Waals surface area contributed by atoms with Crippen LogP contribution in [0.4, 0.5) is 0 Å². The summed E-state index contributed by atoms with van der Waals surface area (Å²) >= 11 is 0. The van der Waals surface area contributed by atoms with E-state index in [1.54, 1.807) is 17.1 Å². The van der Waals surface area contributed by atoms with Gasteiger partial charge in [-0.15, -0.1) is 0 Å². The zero-order valence-corrected chi connectivity index (χ0v) is 12.5. The summed E-state index contributed by atoms with van der Waals surface area (Å²) < 4.78 is 4.05. The lowest BCUT2D eigenvalue weighted by Gasteiger charge is -2.09. The van der Waals surface area contributed by atoms with E-state index in [4.69, 9.17) is 0 Å². The molecule has 0 aromatic carbocycles. The van der Waals surface area contributed by atoms with Gasteiger partial charge in [0.15, 0.2) is 0 Å². The Hall–Kier alpha value is -2.11. The zero-order chi connectivity index (χ0) is 14.8. The summed E-state index contributed by atoms with van der Waals surface area (Å²) in [4.78, 5) is 20.4. The van der Waals surface area contributed by atoms with E-state index in [2.05, 4.69) is 26.8 Å². The zero-order valence-electron chi connectivity index (χ0n) is 12.5. The molecule has 1 aliphatic rings. The Bertz CT molecular complexity index is 638. The summed E-state index contributed by atoms with van der Waals surface area (Å²) in [7, 11) is 1.85. The van der Waals surface area contributed by atoms with Crippen molar-refractivity contribution in [2.24, 2.45) is 13.0 Å². The van der Waals surface area contributed by atoms with Gasteiger partial charge in [0.1, 0.15) is 11.5 Å². The van der Waals surface area contributed by atoms with Crippen molar-refractivity contribution in [3.63, 3.8) is 0 Å². The van der Waals surface area contributed by atoms with Crippen molar-refractivity contribution >= 4 is 5.91 Å². The van der Waals surface area contributed by atoms with E-state index in [9.17, 15) is 4.79 Å². The first-order chi connectivity index (χ1) is 10.1. The van der Waals surface area contributed by atoms with Crippen LogP contribution >= 0.6 is 0 Å². The summed E-state index contributed by atoms with van der Waals surface area (Å²) in [6, 6.07) is 0. The Morgan fingerprint density at radius 3 is 2.90 bits per heavy atom. The quantitative estimate of drug-likeness (QED) is 0.871. The number of carbonyl (C=O) groups is 1. The van der Waals surface area contributed by atoms with E-state index in [0.29, 0.717) is 12.2 Å². The maximum absolute atomic E-state index is 11.9. The largest absolute Gasteiger partial charge is 0.350 e. The minimum atomic E-state index is -0.132. The molecule has 0 radical (unpaired) electrons. The average Bonchev–Trinajstić information content (AvgIpc) is 3.08. The van der Waals surface area contributed by atoms with Gasteiger partial charge in [-0.1, -0.05) is 0 Å². The van der Waals surface area contributed by atoms with Gasteiger partial charge in [0.05, 0.1) is 6.33 Å². The second kappa shape index (κ2) is 5.71. The van der Waals surface area contributed by atoms with Crippen LogP contribution in [0.25, 0.3) is 0 Å². The van der Waals surface area contributed by atoms with Crippen LogP contribution in [0.15, 0.2) is 18.7 Å². The molecular weight excluding hydrogens is 266 g/mol. The van der Waals surface area contributed by atoms with Gasteiger partial charge >= 0.3 is 0 Å². The molecule has 1 amide bonds. The third kappa shape index (κ3) is 3.32. The normalized spacial score (nSPS) is 14.4. The molecule has 112 valence electrons. The van der Waals surface area contributed by atoms with Crippen molar-refractivity contribution in [3.05, 3.63) is 35.9 Å². The number of aromatic nitrogens is 4. The fourth-order valence-electron chi connectivity index (χ4n) is 2.43. The maximum atomic E-state index is 11.9. The molecule has 6 heteroatoms. The lowest BCUT2D eigenvalue weighted by Crippen LogP contribution is -2.27. The molecule has 0 atom stereocenters. The highest BCUT2D eigenvalue weighted by Crippen LogP contribution is 2.31. The molecule has 1 N–H and O–H groups in total. The van der Waals surface area contributed by atoms with Crippen LogP contribution in [0, 0.1) is 12.8 Å². The lowest BCUT2D eigenvalue weighted by atomic mass is 10.3. The molecule has 0 saturated heterocycles. The molecular formula is C15H21N5O. The van der Waals surface area contributed by atoms with Crippen molar-refractivity contribution in [1.82, 2.24) is 24.4 Å². The molecule has 2 aromatic heterocycles. The van der Waals surface area contributed by atoms with Crippen LogP contribution in [0.3, 0.4) is 0 Å². The molecule has 1 fully saturated rings. The number of hydrogen-bond donors (Lipinski definition) is 1. The third-order valence-electron chi connectivity index (χ3n) is 3.85. The molecule has 0 bridgehead atoms. The predicted octanol–water partition coefficient (Wildman–Crippen LogP) is 1.31. The molecule has 6 nitrogen and oxygen atoms in total. The number of nitrogens with zero attached hydrogens (tertiary/aromatic N) is 4. The SMILES string of the molecule is Cc1cnc(CCNC(=O)c2cn(C)cn2)n1CC1CC1. The van der Waals surface area contributed by atoms with E-state index in [1.165, 1.54) is 18.5 Å². The van der Waals surface area contributed by atoms with Crippen LogP contribution in [-0.4, -0.2) is 31.6 Å².